The Bertz CT molecular complexity index is 574. The zero-order chi connectivity index (χ0) is 13.1. The van der Waals surface area contributed by atoms with E-state index in [1.54, 1.807) is 34.8 Å². The number of anilines is 1. The van der Waals surface area contributed by atoms with Crippen LogP contribution in [0.25, 0.3) is 0 Å². The van der Waals surface area contributed by atoms with Gasteiger partial charge in [-0.25, -0.2) is 9.78 Å². The van der Waals surface area contributed by atoms with Crippen LogP contribution in [0.1, 0.15) is 21.0 Å². The molecule has 18 heavy (non-hydrogen) atoms. The molecule has 0 atom stereocenters. The Morgan fingerprint density at radius 1 is 1.50 bits per heavy atom. The number of aryl methyl sites for hydroxylation is 1. The van der Waals surface area contributed by atoms with Crippen molar-refractivity contribution < 1.29 is 14.3 Å². The molecular formula is C11H11N3O3S. The highest BCUT2D eigenvalue weighted by Gasteiger charge is 2.14. The van der Waals surface area contributed by atoms with Gasteiger partial charge in [0.05, 0.1) is 18.3 Å². The summed E-state index contributed by atoms with van der Waals surface area (Å²) in [4.78, 5) is 27.0. The summed E-state index contributed by atoms with van der Waals surface area (Å²) in [5.74, 6) is -0.759. The molecule has 1 N–H and O–H groups in total. The van der Waals surface area contributed by atoms with E-state index in [0.717, 1.165) is 0 Å². The summed E-state index contributed by atoms with van der Waals surface area (Å²) in [6.07, 6.45) is 1.64. The minimum absolute atomic E-state index is 0.307. The lowest BCUT2D eigenvalue weighted by molar-refractivity contribution is 0.0590. The molecule has 0 aliphatic rings. The minimum atomic E-state index is -0.452. The van der Waals surface area contributed by atoms with E-state index in [2.05, 4.69) is 15.0 Å². The first-order valence-electron chi connectivity index (χ1n) is 5.06. The third kappa shape index (κ3) is 2.40. The highest BCUT2D eigenvalue weighted by Crippen LogP contribution is 2.15. The maximum atomic E-state index is 11.7. The number of rotatable bonds is 3. The monoisotopic (exact) mass is 265 g/mol. The van der Waals surface area contributed by atoms with Gasteiger partial charge in [0.2, 0.25) is 0 Å². The number of hydrogen-bond acceptors (Lipinski definition) is 5. The van der Waals surface area contributed by atoms with Gasteiger partial charge in [-0.05, 0) is 6.07 Å². The Hall–Kier alpha value is -2.15. The van der Waals surface area contributed by atoms with Crippen LogP contribution in [-0.4, -0.2) is 28.5 Å². The van der Waals surface area contributed by atoms with Crippen molar-refractivity contribution in [2.24, 2.45) is 7.05 Å². The quantitative estimate of drug-likeness (QED) is 0.854. The molecule has 2 aromatic heterocycles. The Balaban J connectivity index is 2.16. The largest absolute Gasteiger partial charge is 0.464 e. The number of hydrogen-bond donors (Lipinski definition) is 1. The number of thiazole rings is 1. The Kier molecular flexibility index (Phi) is 3.42. The molecule has 0 unspecified atom stereocenters. The first-order valence-corrected chi connectivity index (χ1v) is 6.00. The highest BCUT2D eigenvalue weighted by atomic mass is 32.1. The molecule has 2 aromatic rings. The fourth-order valence-electron chi connectivity index (χ4n) is 1.46. The van der Waals surface area contributed by atoms with Crippen LogP contribution in [0.3, 0.4) is 0 Å². The first kappa shape index (κ1) is 12.3. The summed E-state index contributed by atoms with van der Waals surface area (Å²) in [7, 11) is 3.01. The summed E-state index contributed by atoms with van der Waals surface area (Å²) in [5.41, 5.74) is 2.82. The molecule has 0 saturated carbocycles. The summed E-state index contributed by atoms with van der Waals surface area (Å²) in [6.45, 7) is 0. The summed E-state index contributed by atoms with van der Waals surface area (Å²) >= 11 is 1.34. The molecular weight excluding hydrogens is 254 g/mol. The minimum Gasteiger partial charge on any atom is -0.464 e. The number of aromatic nitrogens is 2. The predicted molar refractivity (Wildman–Crippen MR) is 66.8 cm³/mol. The third-order valence-electron chi connectivity index (χ3n) is 2.32. The number of ether oxygens (including phenoxy) is 1. The second-order valence-electron chi connectivity index (χ2n) is 3.54. The molecule has 2 heterocycles. The summed E-state index contributed by atoms with van der Waals surface area (Å²) in [5, 5.41) is 4.31. The van der Waals surface area contributed by atoms with Gasteiger partial charge in [-0.2, -0.15) is 0 Å². The zero-order valence-corrected chi connectivity index (χ0v) is 10.7. The van der Waals surface area contributed by atoms with Crippen molar-refractivity contribution in [1.82, 2.24) is 9.55 Å². The fourth-order valence-corrected chi connectivity index (χ4v) is 1.99. The average molecular weight is 265 g/mol. The van der Waals surface area contributed by atoms with Gasteiger partial charge in [-0.1, -0.05) is 0 Å². The van der Waals surface area contributed by atoms with Crippen LogP contribution in [0.4, 0.5) is 5.69 Å². The lowest BCUT2D eigenvalue weighted by Gasteiger charge is -1.98. The molecule has 1 amide bonds. The topological polar surface area (TPSA) is 73.2 Å². The van der Waals surface area contributed by atoms with Crippen LogP contribution < -0.4 is 5.32 Å². The smallest absolute Gasteiger partial charge is 0.354 e. The normalized spacial score (nSPS) is 10.1. The number of nitrogens with one attached hydrogen (secondary N) is 1. The van der Waals surface area contributed by atoms with E-state index in [-0.39, 0.29) is 5.91 Å². The second-order valence-corrected chi connectivity index (χ2v) is 4.26. The number of carbonyl (C=O) groups excluding carboxylic acids is 2. The maximum absolute atomic E-state index is 11.7. The van der Waals surface area contributed by atoms with E-state index in [4.69, 9.17) is 0 Å². The summed E-state index contributed by atoms with van der Waals surface area (Å²) < 4.78 is 6.21. The van der Waals surface area contributed by atoms with Crippen molar-refractivity contribution in [3.63, 3.8) is 0 Å². The fraction of sp³-hybridized carbons (Fsp3) is 0.182. The van der Waals surface area contributed by atoms with Gasteiger partial charge in [0, 0.05) is 18.6 Å². The zero-order valence-electron chi connectivity index (χ0n) is 9.84. The van der Waals surface area contributed by atoms with E-state index in [0.29, 0.717) is 17.1 Å². The lowest BCUT2D eigenvalue weighted by atomic mass is 10.4. The summed E-state index contributed by atoms with van der Waals surface area (Å²) in [6, 6.07) is 1.55. The molecule has 0 aliphatic carbocycles. The number of nitrogens with zero attached hydrogens (tertiary/aromatic N) is 2. The highest BCUT2D eigenvalue weighted by molar-refractivity contribution is 7.07. The van der Waals surface area contributed by atoms with Crippen LogP contribution in [0.2, 0.25) is 0 Å². The van der Waals surface area contributed by atoms with Crippen molar-refractivity contribution in [3.8, 4) is 0 Å². The molecule has 2 rings (SSSR count). The van der Waals surface area contributed by atoms with E-state index in [1.807, 2.05) is 0 Å². The van der Waals surface area contributed by atoms with Crippen molar-refractivity contribution in [3.05, 3.63) is 34.5 Å². The Morgan fingerprint density at radius 2 is 2.28 bits per heavy atom. The maximum Gasteiger partial charge on any atom is 0.354 e. The molecule has 0 radical (unpaired) electrons. The third-order valence-corrected chi connectivity index (χ3v) is 2.91. The van der Waals surface area contributed by atoms with Crippen molar-refractivity contribution in [1.29, 1.82) is 0 Å². The van der Waals surface area contributed by atoms with E-state index >= 15 is 0 Å². The molecule has 0 saturated heterocycles. The van der Waals surface area contributed by atoms with E-state index in [9.17, 15) is 9.59 Å². The van der Waals surface area contributed by atoms with E-state index < -0.39 is 5.97 Å². The Labute approximate surface area is 107 Å². The number of methoxy groups -OCH3 is 1. The van der Waals surface area contributed by atoms with Gasteiger partial charge >= 0.3 is 5.97 Å². The number of carbonyl (C=O) groups is 2. The second kappa shape index (κ2) is 5.01. The molecule has 0 fully saturated rings. The SMILES string of the molecule is COC(=O)c1cc(NC(=O)c2cscn2)cn1C. The molecule has 0 spiro atoms. The molecule has 0 aliphatic heterocycles. The van der Waals surface area contributed by atoms with Gasteiger partial charge < -0.3 is 14.6 Å². The van der Waals surface area contributed by atoms with Crippen LogP contribution in [0.5, 0.6) is 0 Å². The van der Waals surface area contributed by atoms with E-state index in [1.165, 1.54) is 18.4 Å². The Morgan fingerprint density at radius 3 is 2.89 bits per heavy atom. The predicted octanol–water partition coefficient (Wildman–Crippen LogP) is 1.52. The molecule has 6 nitrogen and oxygen atoms in total. The van der Waals surface area contributed by atoms with Gasteiger partial charge in [0.25, 0.3) is 5.91 Å². The average Bonchev–Trinajstić information content (AvgIpc) is 2.97. The number of amides is 1. The van der Waals surface area contributed by atoms with Crippen LogP contribution in [-0.2, 0) is 11.8 Å². The van der Waals surface area contributed by atoms with Crippen LogP contribution in [0, 0.1) is 0 Å². The molecule has 0 aromatic carbocycles. The van der Waals surface area contributed by atoms with Crippen LogP contribution >= 0.6 is 11.3 Å². The number of esters is 1. The van der Waals surface area contributed by atoms with Crippen molar-refractivity contribution in [2.75, 3.05) is 12.4 Å². The van der Waals surface area contributed by atoms with Gasteiger partial charge in [-0.15, -0.1) is 11.3 Å². The molecule has 7 heteroatoms. The standard InChI is InChI=1S/C11H11N3O3S/c1-14-4-7(3-9(14)11(16)17-2)13-10(15)8-5-18-6-12-8/h3-6H,1-2H3,(H,13,15). The first-order chi connectivity index (χ1) is 8.61. The van der Waals surface area contributed by atoms with Crippen LogP contribution in [0.15, 0.2) is 23.2 Å². The lowest BCUT2D eigenvalue weighted by Crippen LogP contribution is -2.11. The van der Waals surface area contributed by atoms with Crippen molar-refractivity contribution in [2.45, 2.75) is 0 Å². The van der Waals surface area contributed by atoms with Gasteiger partial charge in [-0.3, -0.25) is 4.79 Å². The van der Waals surface area contributed by atoms with Gasteiger partial charge in [0.1, 0.15) is 11.4 Å². The molecule has 94 valence electrons. The van der Waals surface area contributed by atoms with Gasteiger partial charge in [0.15, 0.2) is 0 Å². The molecule has 0 bridgehead atoms. The van der Waals surface area contributed by atoms with Crippen molar-refractivity contribution >= 4 is 28.9 Å².